The molecule has 2 aromatic heterocycles. The van der Waals surface area contributed by atoms with Crippen molar-refractivity contribution in [3.8, 4) is 5.69 Å². The smallest absolute Gasteiger partial charge is 0.265 e. The van der Waals surface area contributed by atoms with Gasteiger partial charge in [0.2, 0.25) is 5.91 Å². The fraction of sp³-hybridized carbons (Fsp3) is 0.217. The lowest BCUT2D eigenvalue weighted by Gasteiger charge is -2.15. The number of fused-ring (bicyclic) bond motifs is 2. The predicted molar refractivity (Wildman–Crippen MR) is 122 cm³/mol. The van der Waals surface area contributed by atoms with E-state index in [1.54, 1.807) is 15.4 Å². The van der Waals surface area contributed by atoms with Crippen LogP contribution >= 0.6 is 11.8 Å². The highest BCUT2D eigenvalue weighted by Gasteiger charge is 2.29. The maximum atomic E-state index is 13.2. The van der Waals surface area contributed by atoms with Gasteiger partial charge in [0.25, 0.3) is 5.56 Å². The van der Waals surface area contributed by atoms with E-state index < -0.39 is 0 Å². The van der Waals surface area contributed by atoms with Crippen LogP contribution in [0.1, 0.15) is 23.6 Å². The van der Waals surface area contributed by atoms with Gasteiger partial charge in [0.15, 0.2) is 10.8 Å². The molecule has 1 aliphatic rings. The Balaban J connectivity index is 1.45. The van der Waals surface area contributed by atoms with E-state index in [1.807, 2.05) is 62.4 Å². The molecule has 0 spiro atoms. The fourth-order valence-electron chi connectivity index (χ4n) is 3.84. The van der Waals surface area contributed by atoms with E-state index in [9.17, 15) is 9.59 Å². The maximum absolute atomic E-state index is 13.2. The van der Waals surface area contributed by atoms with Crippen molar-refractivity contribution in [1.29, 1.82) is 0 Å². The first-order chi connectivity index (χ1) is 15.0. The summed E-state index contributed by atoms with van der Waals surface area (Å²) >= 11 is 1.50. The Hall–Kier alpha value is -3.39. The van der Waals surface area contributed by atoms with Crippen LogP contribution in [0.3, 0.4) is 0 Å². The van der Waals surface area contributed by atoms with Crippen molar-refractivity contribution in [2.75, 3.05) is 11.1 Å². The van der Waals surface area contributed by atoms with E-state index in [4.69, 9.17) is 4.98 Å². The number of nitrogens with one attached hydrogen (secondary N) is 1. The molecule has 0 radical (unpaired) electrons. The molecule has 0 saturated carbocycles. The zero-order valence-corrected chi connectivity index (χ0v) is 18.0. The number of hydrogen-bond donors (Lipinski definition) is 1. The Morgan fingerprint density at radius 2 is 1.97 bits per heavy atom. The van der Waals surface area contributed by atoms with Crippen LogP contribution in [0.4, 0.5) is 5.69 Å². The Kier molecular flexibility index (Phi) is 4.86. The zero-order valence-electron chi connectivity index (χ0n) is 17.2. The second-order valence-electron chi connectivity index (χ2n) is 7.66. The van der Waals surface area contributed by atoms with Crippen molar-refractivity contribution in [3.05, 3.63) is 76.2 Å². The molecule has 0 bridgehead atoms. The lowest BCUT2D eigenvalue weighted by atomic mass is 10.1. The monoisotopic (exact) mass is 431 g/mol. The number of carbonyl (C=O) groups excluding carboxylic acids is 1. The van der Waals surface area contributed by atoms with Gasteiger partial charge in [-0.2, -0.15) is 5.10 Å². The van der Waals surface area contributed by atoms with Crippen molar-refractivity contribution in [2.45, 2.75) is 31.5 Å². The van der Waals surface area contributed by atoms with Gasteiger partial charge in [-0.25, -0.2) is 9.67 Å². The van der Waals surface area contributed by atoms with Gasteiger partial charge in [-0.15, -0.1) is 0 Å². The van der Waals surface area contributed by atoms with Crippen molar-refractivity contribution >= 4 is 34.4 Å². The number of rotatable bonds is 4. The normalized spacial score (nSPS) is 15.2. The molecule has 31 heavy (non-hydrogen) atoms. The molecule has 0 saturated heterocycles. The lowest BCUT2D eigenvalue weighted by Crippen LogP contribution is -2.28. The van der Waals surface area contributed by atoms with Gasteiger partial charge >= 0.3 is 0 Å². The Bertz CT molecular complexity index is 1360. The second kappa shape index (κ2) is 7.70. The van der Waals surface area contributed by atoms with Gasteiger partial charge in [-0.1, -0.05) is 42.1 Å². The first-order valence-corrected chi connectivity index (χ1v) is 11.1. The molecule has 1 aliphatic heterocycles. The van der Waals surface area contributed by atoms with Crippen LogP contribution in [0.2, 0.25) is 0 Å². The molecule has 5 rings (SSSR count). The molecule has 1 N–H and O–H groups in total. The van der Waals surface area contributed by atoms with Crippen molar-refractivity contribution < 1.29 is 4.79 Å². The van der Waals surface area contributed by atoms with Gasteiger partial charge in [0.05, 0.1) is 17.9 Å². The van der Waals surface area contributed by atoms with Crippen molar-refractivity contribution in [2.24, 2.45) is 0 Å². The van der Waals surface area contributed by atoms with Crippen LogP contribution < -0.4 is 10.9 Å². The lowest BCUT2D eigenvalue weighted by molar-refractivity contribution is -0.116. The number of aryl methyl sites for hydroxylation is 1. The topological polar surface area (TPSA) is 81.8 Å². The van der Waals surface area contributed by atoms with E-state index in [0.717, 1.165) is 22.5 Å². The van der Waals surface area contributed by atoms with Gasteiger partial charge in [-0.3, -0.25) is 14.2 Å². The quantitative estimate of drug-likeness (QED) is 0.496. The summed E-state index contributed by atoms with van der Waals surface area (Å²) in [4.78, 5) is 30.7. The average molecular weight is 432 g/mol. The minimum absolute atomic E-state index is 0.112. The first kappa shape index (κ1) is 19.6. The Morgan fingerprint density at radius 1 is 1.16 bits per heavy atom. The summed E-state index contributed by atoms with van der Waals surface area (Å²) in [6.07, 6.45) is 1.77. The molecule has 8 heteroatoms. The molecule has 3 heterocycles. The standard InChI is InChI=1S/C23H21N5O2S/c1-14-7-6-10-19(15(14)2)25-20(29)11-17-13-31-23-26-21-18(22(30)27(17)23)12-24-28(21)16-8-4-3-5-9-16/h3-10,12,17H,11,13H2,1-2H3,(H,25,29)/t17-/m0/s1. The zero-order chi connectivity index (χ0) is 21.5. The Morgan fingerprint density at radius 3 is 2.77 bits per heavy atom. The summed E-state index contributed by atoms with van der Waals surface area (Å²) in [7, 11) is 0. The largest absolute Gasteiger partial charge is 0.326 e. The molecule has 4 aromatic rings. The van der Waals surface area contributed by atoms with E-state index in [1.165, 1.54) is 11.8 Å². The summed E-state index contributed by atoms with van der Waals surface area (Å²) in [5, 5.41) is 8.45. The molecule has 0 aliphatic carbocycles. The van der Waals surface area contributed by atoms with Crippen LogP contribution in [0, 0.1) is 13.8 Å². The first-order valence-electron chi connectivity index (χ1n) is 10.1. The van der Waals surface area contributed by atoms with E-state index >= 15 is 0 Å². The number of aromatic nitrogens is 4. The summed E-state index contributed by atoms with van der Waals surface area (Å²) in [6, 6.07) is 15.2. The highest BCUT2D eigenvalue weighted by atomic mass is 32.2. The summed E-state index contributed by atoms with van der Waals surface area (Å²) in [5.41, 5.74) is 4.21. The number of nitrogens with zero attached hydrogens (tertiary/aromatic N) is 4. The summed E-state index contributed by atoms with van der Waals surface area (Å²) in [5.74, 6) is 0.521. The van der Waals surface area contributed by atoms with Crippen molar-refractivity contribution in [3.63, 3.8) is 0 Å². The van der Waals surface area contributed by atoms with Crippen LogP contribution in [-0.4, -0.2) is 31.0 Å². The molecule has 2 aromatic carbocycles. The number of benzene rings is 2. The number of para-hydroxylation sites is 1. The van der Waals surface area contributed by atoms with Crippen LogP contribution in [0.5, 0.6) is 0 Å². The van der Waals surface area contributed by atoms with Gasteiger partial charge in [-0.05, 0) is 43.2 Å². The van der Waals surface area contributed by atoms with E-state index in [2.05, 4.69) is 10.4 Å². The van der Waals surface area contributed by atoms with E-state index in [0.29, 0.717) is 21.9 Å². The molecular formula is C23H21N5O2S. The minimum atomic E-state index is -0.241. The molecule has 7 nitrogen and oxygen atoms in total. The summed E-state index contributed by atoms with van der Waals surface area (Å²) < 4.78 is 3.32. The van der Waals surface area contributed by atoms with Crippen LogP contribution in [-0.2, 0) is 4.79 Å². The predicted octanol–water partition coefficient (Wildman–Crippen LogP) is 3.87. The average Bonchev–Trinajstić information content (AvgIpc) is 3.37. The number of amides is 1. The third-order valence-electron chi connectivity index (χ3n) is 5.67. The number of carbonyl (C=O) groups is 1. The highest BCUT2D eigenvalue weighted by Crippen LogP contribution is 2.33. The molecule has 1 amide bonds. The minimum Gasteiger partial charge on any atom is -0.326 e. The highest BCUT2D eigenvalue weighted by molar-refractivity contribution is 7.99. The third kappa shape index (κ3) is 3.42. The van der Waals surface area contributed by atoms with Crippen molar-refractivity contribution in [1.82, 2.24) is 19.3 Å². The SMILES string of the molecule is Cc1cccc(NC(=O)C[C@H]2CSc3nc4c(cnn4-c4ccccc4)c(=O)n32)c1C. The third-order valence-corrected chi connectivity index (χ3v) is 6.77. The molecule has 1 atom stereocenters. The Labute approximate surface area is 183 Å². The molecule has 0 fully saturated rings. The van der Waals surface area contributed by atoms with E-state index in [-0.39, 0.29) is 23.9 Å². The van der Waals surface area contributed by atoms with Crippen LogP contribution in [0.25, 0.3) is 16.7 Å². The maximum Gasteiger partial charge on any atom is 0.265 e. The van der Waals surface area contributed by atoms with Gasteiger partial charge in [0, 0.05) is 17.9 Å². The summed E-state index contributed by atoms with van der Waals surface area (Å²) in [6.45, 7) is 4.00. The molecule has 156 valence electrons. The van der Waals surface area contributed by atoms with Crippen LogP contribution in [0.15, 0.2) is 64.7 Å². The molecule has 0 unspecified atom stereocenters. The number of hydrogen-bond acceptors (Lipinski definition) is 5. The fourth-order valence-corrected chi connectivity index (χ4v) is 4.97. The van der Waals surface area contributed by atoms with Gasteiger partial charge < -0.3 is 5.32 Å². The number of anilines is 1. The number of thioether (sulfide) groups is 1. The van der Waals surface area contributed by atoms with Gasteiger partial charge in [0.1, 0.15) is 5.39 Å². The molecular weight excluding hydrogens is 410 g/mol. The second-order valence-corrected chi connectivity index (χ2v) is 8.65.